The predicted molar refractivity (Wildman–Crippen MR) is 136 cm³/mol. The van der Waals surface area contributed by atoms with Gasteiger partial charge in [0.15, 0.2) is 0 Å². The van der Waals surface area contributed by atoms with Gasteiger partial charge in [-0.2, -0.15) is 25.3 Å². The van der Waals surface area contributed by atoms with Gasteiger partial charge in [-0.05, 0) is 48.2 Å². The first-order valence-corrected chi connectivity index (χ1v) is 12.5. The minimum Gasteiger partial charge on any atom is -0.494 e. The van der Waals surface area contributed by atoms with E-state index in [1.807, 2.05) is 24.3 Å². The number of ether oxygens (including phenoxy) is 2. The van der Waals surface area contributed by atoms with Crippen molar-refractivity contribution < 1.29 is 9.47 Å². The van der Waals surface area contributed by atoms with Crippen LogP contribution in [-0.2, 0) is 0 Å². The van der Waals surface area contributed by atoms with E-state index >= 15 is 0 Å². The SMILES string of the molecule is CCCCCCOc1ccc(C(S)C(S)c2ccc(OCCCCCC)cc2)cc1. The van der Waals surface area contributed by atoms with Gasteiger partial charge in [-0.25, -0.2) is 0 Å². The molecule has 2 aromatic rings. The smallest absolute Gasteiger partial charge is 0.119 e. The molecule has 0 radical (unpaired) electrons. The van der Waals surface area contributed by atoms with Gasteiger partial charge >= 0.3 is 0 Å². The molecule has 0 aromatic heterocycles. The molecule has 2 atom stereocenters. The van der Waals surface area contributed by atoms with E-state index in [2.05, 4.69) is 38.1 Å². The topological polar surface area (TPSA) is 18.5 Å². The third-order valence-electron chi connectivity index (χ3n) is 5.28. The van der Waals surface area contributed by atoms with Crippen molar-refractivity contribution in [3.63, 3.8) is 0 Å². The maximum Gasteiger partial charge on any atom is 0.119 e. The summed E-state index contributed by atoms with van der Waals surface area (Å²) in [5, 5.41) is 0.0144. The zero-order valence-electron chi connectivity index (χ0n) is 18.6. The van der Waals surface area contributed by atoms with Crippen LogP contribution in [0.5, 0.6) is 11.5 Å². The summed E-state index contributed by atoms with van der Waals surface area (Å²) in [7, 11) is 0. The van der Waals surface area contributed by atoms with Crippen LogP contribution < -0.4 is 9.47 Å². The third kappa shape index (κ3) is 8.85. The highest BCUT2D eigenvalue weighted by atomic mass is 32.1. The highest BCUT2D eigenvalue weighted by Crippen LogP contribution is 2.39. The van der Waals surface area contributed by atoms with Crippen molar-refractivity contribution in [2.75, 3.05) is 13.2 Å². The summed E-state index contributed by atoms with van der Waals surface area (Å²) in [6, 6.07) is 16.5. The number of hydrogen-bond donors (Lipinski definition) is 2. The minimum absolute atomic E-state index is 0.00718. The maximum absolute atomic E-state index is 5.84. The Balaban J connectivity index is 1.82. The van der Waals surface area contributed by atoms with Crippen molar-refractivity contribution in [2.24, 2.45) is 0 Å². The van der Waals surface area contributed by atoms with Crippen molar-refractivity contribution in [3.05, 3.63) is 59.7 Å². The summed E-state index contributed by atoms with van der Waals surface area (Å²) >= 11 is 9.67. The largest absolute Gasteiger partial charge is 0.494 e. The second kappa shape index (κ2) is 14.7. The zero-order valence-corrected chi connectivity index (χ0v) is 20.3. The van der Waals surface area contributed by atoms with Gasteiger partial charge in [-0.3, -0.25) is 0 Å². The fraction of sp³-hybridized carbons (Fsp3) is 0.538. The van der Waals surface area contributed by atoms with Crippen molar-refractivity contribution >= 4 is 25.3 Å². The predicted octanol–water partition coefficient (Wildman–Crippen LogP) is 8.25. The molecule has 0 saturated heterocycles. The first-order chi connectivity index (χ1) is 14.7. The number of thiol groups is 2. The second-order valence-corrected chi connectivity index (χ2v) is 8.96. The Labute approximate surface area is 194 Å². The molecule has 0 heterocycles. The molecule has 4 heteroatoms. The average molecular weight is 447 g/mol. The lowest BCUT2D eigenvalue weighted by Crippen LogP contribution is -2.02. The molecule has 0 aliphatic heterocycles. The van der Waals surface area contributed by atoms with E-state index in [4.69, 9.17) is 34.7 Å². The summed E-state index contributed by atoms with van der Waals surface area (Å²) in [6.07, 6.45) is 9.74. The Bertz CT molecular complexity index is 624. The quantitative estimate of drug-likeness (QED) is 0.212. The van der Waals surface area contributed by atoms with Gasteiger partial charge in [0.05, 0.1) is 13.2 Å². The number of hydrogen-bond acceptors (Lipinski definition) is 4. The van der Waals surface area contributed by atoms with Gasteiger partial charge in [0.25, 0.3) is 0 Å². The Morgan fingerprint density at radius 1 is 0.567 bits per heavy atom. The highest BCUT2D eigenvalue weighted by molar-refractivity contribution is 7.84. The molecular formula is C26H38O2S2. The van der Waals surface area contributed by atoms with Crippen LogP contribution in [0, 0.1) is 0 Å². The molecule has 0 spiro atoms. The number of benzene rings is 2. The molecule has 2 aromatic carbocycles. The van der Waals surface area contributed by atoms with Crippen LogP contribution in [0.1, 0.15) is 86.8 Å². The summed E-state index contributed by atoms with van der Waals surface area (Å²) in [4.78, 5) is 0. The molecular weight excluding hydrogens is 408 g/mol. The van der Waals surface area contributed by atoms with Gasteiger partial charge < -0.3 is 9.47 Å². The zero-order chi connectivity index (χ0) is 21.6. The minimum atomic E-state index is 0.00718. The number of unbranched alkanes of at least 4 members (excludes halogenated alkanes) is 6. The standard InChI is InChI=1S/C26H38O2S2/c1-3-5-7-9-19-27-23-15-11-21(12-16-23)25(29)26(30)22-13-17-24(18-14-22)28-20-10-8-6-4-2/h11-18,25-26,29-30H,3-10,19-20H2,1-2H3. The van der Waals surface area contributed by atoms with Crippen LogP contribution in [0.3, 0.4) is 0 Å². The molecule has 0 bridgehead atoms. The molecule has 0 N–H and O–H groups in total. The first-order valence-electron chi connectivity index (χ1n) is 11.5. The molecule has 0 saturated carbocycles. The molecule has 2 nitrogen and oxygen atoms in total. The third-order valence-corrected chi connectivity index (χ3v) is 6.70. The number of rotatable bonds is 15. The Morgan fingerprint density at radius 2 is 0.933 bits per heavy atom. The van der Waals surface area contributed by atoms with Gasteiger partial charge in [-0.15, -0.1) is 0 Å². The van der Waals surface area contributed by atoms with Crippen LogP contribution >= 0.6 is 25.3 Å². The molecule has 2 unspecified atom stereocenters. The van der Waals surface area contributed by atoms with E-state index in [1.165, 1.54) is 38.5 Å². The Hall–Kier alpha value is -1.26. The van der Waals surface area contributed by atoms with Gasteiger partial charge in [0.2, 0.25) is 0 Å². The van der Waals surface area contributed by atoms with E-state index in [1.54, 1.807) is 0 Å². The normalized spacial score (nSPS) is 13.1. The molecule has 2 rings (SSSR count). The molecule has 166 valence electrons. The van der Waals surface area contributed by atoms with Crippen LogP contribution in [0.2, 0.25) is 0 Å². The lowest BCUT2D eigenvalue weighted by molar-refractivity contribution is 0.305. The lowest BCUT2D eigenvalue weighted by Gasteiger charge is -2.20. The Morgan fingerprint density at radius 3 is 1.27 bits per heavy atom. The Kier molecular flexibility index (Phi) is 12.2. The molecule has 0 aliphatic carbocycles. The van der Waals surface area contributed by atoms with Crippen molar-refractivity contribution in [3.8, 4) is 11.5 Å². The van der Waals surface area contributed by atoms with E-state index in [0.29, 0.717) is 0 Å². The van der Waals surface area contributed by atoms with Crippen LogP contribution in [0.4, 0.5) is 0 Å². The van der Waals surface area contributed by atoms with Crippen molar-refractivity contribution in [1.82, 2.24) is 0 Å². The lowest BCUT2D eigenvalue weighted by atomic mass is 10.0. The highest BCUT2D eigenvalue weighted by Gasteiger charge is 2.18. The van der Waals surface area contributed by atoms with Crippen LogP contribution in [0.25, 0.3) is 0 Å². The maximum atomic E-state index is 5.84. The van der Waals surface area contributed by atoms with Gasteiger partial charge in [0, 0.05) is 10.5 Å². The van der Waals surface area contributed by atoms with Crippen molar-refractivity contribution in [2.45, 2.75) is 75.7 Å². The van der Waals surface area contributed by atoms with E-state index in [9.17, 15) is 0 Å². The average Bonchev–Trinajstić information content (AvgIpc) is 2.79. The summed E-state index contributed by atoms with van der Waals surface area (Å²) in [6.45, 7) is 6.01. The van der Waals surface area contributed by atoms with Crippen LogP contribution in [-0.4, -0.2) is 13.2 Å². The first kappa shape index (κ1) is 25.0. The fourth-order valence-electron chi connectivity index (χ4n) is 3.32. The molecule has 0 aliphatic rings. The van der Waals surface area contributed by atoms with E-state index in [-0.39, 0.29) is 10.5 Å². The second-order valence-electron chi connectivity index (χ2n) is 7.85. The summed E-state index contributed by atoms with van der Waals surface area (Å²) < 4.78 is 11.7. The summed E-state index contributed by atoms with van der Waals surface area (Å²) in [5.74, 6) is 1.85. The fourth-order valence-corrected chi connectivity index (χ4v) is 4.01. The summed E-state index contributed by atoms with van der Waals surface area (Å²) in [5.41, 5.74) is 2.29. The van der Waals surface area contributed by atoms with E-state index < -0.39 is 0 Å². The molecule has 0 fully saturated rings. The van der Waals surface area contributed by atoms with Crippen LogP contribution in [0.15, 0.2) is 48.5 Å². The van der Waals surface area contributed by atoms with Gasteiger partial charge in [0.1, 0.15) is 11.5 Å². The monoisotopic (exact) mass is 446 g/mol. The van der Waals surface area contributed by atoms with Crippen molar-refractivity contribution in [1.29, 1.82) is 0 Å². The van der Waals surface area contributed by atoms with Gasteiger partial charge in [-0.1, -0.05) is 76.6 Å². The molecule has 0 amide bonds. The van der Waals surface area contributed by atoms with E-state index in [0.717, 1.165) is 48.7 Å². The molecule has 30 heavy (non-hydrogen) atoms.